The number of hydrogen-bond donors (Lipinski definition) is 1. The van der Waals surface area contributed by atoms with Crippen molar-refractivity contribution in [1.29, 1.82) is 0 Å². The number of pyridine rings is 1. The summed E-state index contributed by atoms with van der Waals surface area (Å²) in [5.74, 6) is -0.127. The van der Waals surface area contributed by atoms with Gasteiger partial charge in [0.15, 0.2) is 0 Å². The van der Waals surface area contributed by atoms with Crippen molar-refractivity contribution < 1.29 is 13.2 Å². The molecule has 3 aromatic rings. The van der Waals surface area contributed by atoms with Crippen LogP contribution < -0.4 is 5.73 Å². The van der Waals surface area contributed by atoms with Gasteiger partial charge in [-0.05, 0) is 35.4 Å². The van der Waals surface area contributed by atoms with Crippen molar-refractivity contribution in [3.63, 3.8) is 0 Å². The first-order valence-electron chi connectivity index (χ1n) is 7.40. The van der Waals surface area contributed by atoms with E-state index in [1.165, 1.54) is 0 Å². The minimum atomic E-state index is -2.77. The van der Waals surface area contributed by atoms with Crippen LogP contribution in [0.3, 0.4) is 0 Å². The summed E-state index contributed by atoms with van der Waals surface area (Å²) in [6, 6.07) is 10.7. The first-order valence-corrected chi connectivity index (χ1v) is 7.40. The Balaban J connectivity index is 1.64. The van der Waals surface area contributed by atoms with Gasteiger partial charge in [-0.2, -0.15) is 8.78 Å². The SMILES string of the molecule is Nc1ccc(C=CC=Cc2ccc(-c3nnc(C(F)F)o3)cc2)cn1. The molecule has 0 aliphatic carbocycles. The van der Waals surface area contributed by atoms with E-state index in [2.05, 4.69) is 15.2 Å². The molecule has 25 heavy (non-hydrogen) atoms. The van der Waals surface area contributed by atoms with Crippen LogP contribution in [-0.2, 0) is 0 Å². The minimum absolute atomic E-state index is 0.0709. The lowest BCUT2D eigenvalue weighted by Crippen LogP contribution is -1.87. The number of nitrogens with two attached hydrogens (primary N) is 1. The number of alkyl halides is 2. The number of nitrogen functional groups attached to an aromatic ring is 1. The number of hydrogen-bond acceptors (Lipinski definition) is 5. The van der Waals surface area contributed by atoms with Gasteiger partial charge < -0.3 is 10.2 Å². The summed E-state index contributed by atoms with van der Waals surface area (Å²) >= 11 is 0. The summed E-state index contributed by atoms with van der Waals surface area (Å²) in [5, 5.41) is 6.92. The van der Waals surface area contributed by atoms with E-state index in [1.54, 1.807) is 24.4 Å². The van der Waals surface area contributed by atoms with Gasteiger partial charge in [-0.15, -0.1) is 10.2 Å². The van der Waals surface area contributed by atoms with Crippen molar-refractivity contribution in [3.8, 4) is 11.5 Å². The van der Waals surface area contributed by atoms with E-state index in [9.17, 15) is 8.78 Å². The lowest BCUT2D eigenvalue weighted by atomic mass is 10.1. The largest absolute Gasteiger partial charge is 0.415 e. The maximum atomic E-state index is 12.5. The molecule has 5 nitrogen and oxygen atoms in total. The number of anilines is 1. The van der Waals surface area contributed by atoms with Gasteiger partial charge in [0.1, 0.15) is 5.82 Å². The molecule has 0 spiro atoms. The molecule has 0 aliphatic heterocycles. The third-order valence-corrected chi connectivity index (χ3v) is 3.28. The molecule has 3 rings (SSSR count). The zero-order chi connectivity index (χ0) is 17.6. The number of allylic oxidation sites excluding steroid dienone is 2. The molecule has 0 bridgehead atoms. The third-order valence-electron chi connectivity index (χ3n) is 3.28. The van der Waals surface area contributed by atoms with Crippen LogP contribution in [-0.4, -0.2) is 15.2 Å². The number of benzene rings is 1. The molecule has 1 aromatic carbocycles. The zero-order valence-corrected chi connectivity index (χ0v) is 13.0. The van der Waals surface area contributed by atoms with Crippen LogP contribution in [0.25, 0.3) is 23.6 Å². The molecule has 0 saturated carbocycles. The summed E-state index contributed by atoms with van der Waals surface area (Å²) in [6.45, 7) is 0. The highest BCUT2D eigenvalue weighted by Crippen LogP contribution is 2.23. The molecular weight excluding hydrogens is 326 g/mol. The highest BCUT2D eigenvalue weighted by Gasteiger charge is 2.16. The fourth-order valence-corrected chi connectivity index (χ4v) is 2.02. The Morgan fingerprint density at radius 3 is 2.20 bits per heavy atom. The topological polar surface area (TPSA) is 77.8 Å². The van der Waals surface area contributed by atoms with Crippen LogP contribution in [0.5, 0.6) is 0 Å². The molecule has 2 heterocycles. The van der Waals surface area contributed by atoms with Crippen molar-refractivity contribution in [3.05, 3.63) is 71.8 Å². The fourth-order valence-electron chi connectivity index (χ4n) is 2.02. The van der Waals surface area contributed by atoms with E-state index in [0.717, 1.165) is 11.1 Å². The van der Waals surface area contributed by atoms with E-state index in [1.807, 2.05) is 42.5 Å². The molecule has 0 saturated heterocycles. The van der Waals surface area contributed by atoms with E-state index < -0.39 is 12.3 Å². The highest BCUT2D eigenvalue weighted by molar-refractivity contribution is 5.61. The van der Waals surface area contributed by atoms with Gasteiger partial charge in [0, 0.05) is 11.8 Å². The first-order chi connectivity index (χ1) is 12.1. The number of rotatable bonds is 5. The average molecular weight is 340 g/mol. The van der Waals surface area contributed by atoms with Crippen LogP contribution in [0, 0.1) is 0 Å². The molecule has 7 heteroatoms. The van der Waals surface area contributed by atoms with Gasteiger partial charge in [-0.25, -0.2) is 4.98 Å². The molecule has 0 aliphatic rings. The van der Waals surface area contributed by atoms with Crippen LogP contribution in [0.1, 0.15) is 23.4 Å². The highest BCUT2D eigenvalue weighted by atomic mass is 19.3. The van der Waals surface area contributed by atoms with Crippen molar-refractivity contribution in [1.82, 2.24) is 15.2 Å². The molecular formula is C18H14F2N4O. The second-order valence-electron chi connectivity index (χ2n) is 5.10. The lowest BCUT2D eigenvalue weighted by Gasteiger charge is -1.96. The van der Waals surface area contributed by atoms with Gasteiger partial charge in [0.2, 0.25) is 5.89 Å². The maximum Gasteiger partial charge on any atom is 0.314 e. The summed E-state index contributed by atoms with van der Waals surface area (Å²) in [7, 11) is 0. The Morgan fingerprint density at radius 2 is 1.60 bits per heavy atom. The zero-order valence-electron chi connectivity index (χ0n) is 13.0. The van der Waals surface area contributed by atoms with Crippen molar-refractivity contribution in [2.45, 2.75) is 6.43 Å². The smallest absolute Gasteiger partial charge is 0.314 e. The molecule has 126 valence electrons. The van der Waals surface area contributed by atoms with Gasteiger partial charge in [-0.3, -0.25) is 0 Å². The molecule has 2 aromatic heterocycles. The molecule has 0 atom stereocenters. The van der Waals surface area contributed by atoms with E-state index in [4.69, 9.17) is 10.2 Å². The summed E-state index contributed by atoms with van der Waals surface area (Å²) in [5.41, 5.74) is 8.00. The monoisotopic (exact) mass is 340 g/mol. The molecule has 0 radical (unpaired) electrons. The van der Waals surface area contributed by atoms with Crippen LogP contribution in [0.4, 0.5) is 14.6 Å². The Bertz CT molecular complexity index is 884. The summed E-state index contributed by atoms with van der Waals surface area (Å²) in [6.07, 6.45) is 6.49. The standard InChI is InChI=1S/C18H14F2N4O/c19-16(20)18-24-23-17(25-18)14-8-5-12(6-9-14)3-1-2-4-13-7-10-15(21)22-11-13/h1-11,16H,(H2,21,22). The van der Waals surface area contributed by atoms with Crippen LogP contribution >= 0.6 is 0 Å². The number of aromatic nitrogens is 3. The Morgan fingerprint density at radius 1 is 0.920 bits per heavy atom. The van der Waals surface area contributed by atoms with Crippen LogP contribution in [0.2, 0.25) is 0 Å². The van der Waals surface area contributed by atoms with Gasteiger partial charge in [0.25, 0.3) is 5.89 Å². The summed E-state index contributed by atoms with van der Waals surface area (Å²) < 4.78 is 29.8. The predicted molar refractivity (Wildman–Crippen MR) is 91.4 cm³/mol. The van der Waals surface area contributed by atoms with Gasteiger partial charge in [-0.1, -0.05) is 36.4 Å². The Kier molecular flexibility index (Phi) is 4.94. The van der Waals surface area contributed by atoms with E-state index in [-0.39, 0.29) is 5.89 Å². The maximum absolute atomic E-state index is 12.5. The Hall–Kier alpha value is -3.35. The Labute approximate surface area is 142 Å². The minimum Gasteiger partial charge on any atom is -0.415 e. The fraction of sp³-hybridized carbons (Fsp3) is 0.0556. The van der Waals surface area contributed by atoms with Gasteiger partial charge in [0.05, 0.1) is 0 Å². The first kappa shape index (κ1) is 16.5. The van der Waals surface area contributed by atoms with Gasteiger partial charge >= 0.3 is 6.43 Å². The molecule has 0 fully saturated rings. The van der Waals surface area contributed by atoms with Crippen molar-refractivity contribution in [2.75, 3.05) is 5.73 Å². The molecule has 0 unspecified atom stereocenters. The van der Waals surface area contributed by atoms with E-state index in [0.29, 0.717) is 11.4 Å². The predicted octanol–water partition coefficient (Wildman–Crippen LogP) is 4.38. The summed E-state index contributed by atoms with van der Waals surface area (Å²) in [4.78, 5) is 4.00. The quantitative estimate of drug-likeness (QED) is 0.698. The normalized spacial score (nSPS) is 11.8. The van der Waals surface area contributed by atoms with Crippen molar-refractivity contribution in [2.24, 2.45) is 0 Å². The second-order valence-corrected chi connectivity index (χ2v) is 5.10. The second kappa shape index (κ2) is 7.48. The average Bonchev–Trinajstić information content (AvgIpc) is 3.11. The number of halogens is 2. The lowest BCUT2D eigenvalue weighted by molar-refractivity contribution is 0.116. The molecule has 0 amide bonds. The molecule has 2 N–H and O–H groups in total. The van der Waals surface area contributed by atoms with Crippen molar-refractivity contribution >= 4 is 18.0 Å². The van der Waals surface area contributed by atoms with Crippen LogP contribution in [0.15, 0.2) is 59.2 Å². The van der Waals surface area contributed by atoms with E-state index >= 15 is 0 Å². The number of nitrogens with zero attached hydrogens (tertiary/aromatic N) is 3. The third kappa shape index (κ3) is 4.35.